The Kier molecular flexibility index (Phi) is 7.35. The summed E-state index contributed by atoms with van der Waals surface area (Å²) in [7, 11) is 2.78. The van der Waals surface area contributed by atoms with E-state index in [1.54, 1.807) is 31.2 Å². The van der Waals surface area contributed by atoms with Gasteiger partial charge in [-0.05, 0) is 24.6 Å². The zero-order valence-corrected chi connectivity index (χ0v) is 16.0. The third kappa shape index (κ3) is 5.81. The van der Waals surface area contributed by atoms with E-state index in [0.29, 0.717) is 16.7 Å². The minimum Gasteiger partial charge on any atom is -0.398 e. The Balaban J connectivity index is 2.21. The number of nitrogens with one attached hydrogen (secondary N) is 1. The fourth-order valence-electron chi connectivity index (χ4n) is 2.46. The Hall–Kier alpha value is -3.36. The predicted molar refractivity (Wildman–Crippen MR) is 103 cm³/mol. The van der Waals surface area contributed by atoms with E-state index in [1.807, 2.05) is 0 Å². The Bertz CT molecular complexity index is 911. The summed E-state index contributed by atoms with van der Waals surface area (Å²) in [6.07, 6.45) is -3.80. The van der Waals surface area contributed by atoms with Crippen molar-refractivity contribution in [2.45, 2.75) is 19.2 Å². The van der Waals surface area contributed by atoms with Gasteiger partial charge in [-0.3, -0.25) is 4.79 Å². The number of hydrogen-bond acceptors (Lipinski definition) is 5. The van der Waals surface area contributed by atoms with Crippen LogP contribution in [0.25, 0.3) is 0 Å². The number of halogens is 3. The second kappa shape index (κ2) is 9.72. The number of amides is 1. The van der Waals surface area contributed by atoms with Crippen molar-refractivity contribution in [2.24, 2.45) is 10.3 Å². The van der Waals surface area contributed by atoms with E-state index in [4.69, 9.17) is 9.68 Å². The van der Waals surface area contributed by atoms with Crippen LogP contribution in [0.5, 0.6) is 0 Å². The van der Waals surface area contributed by atoms with Gasteiger partial charge in [0, 0.05) is 18.2 Å². The summed E-state index contributed by atoms with van der Waals surface area (Å²) < 4.78 is 38.6. The van der Waals surface area contributed by atoms with E-state index in [0.717, 1.165) is 12.1 Å². The predicted octanol–water partition coefficient (Wildman–Crippen LogP) is 3.91. The molecule has 0 aromatic heterocycles. The molecular formula is C20H20F3N3O3. The lowest BCUT2D eigenvalue weighted by Gasteiger charge is -2.13. The Morgan fingerprint density at radius 1 is 1.17 bits per heavy atom. The first-order chi connectivity index (χ1) is 13.8. The topological polar surface area (TPSA) is 72.3 Å². The summed E-state index contributed by atoms with van der Waals surface area (Å²) in [5, 5.41) is 10.1. The van der Waals surface area contributed by atoms with Gasteiger partial charge in [-0.2, -0.15) is 13.2 Å². The summed E-state index contributed by atoms with van der Waals surface area (Å²) in [4.78, 5) is 22.1. The van der Waals surface area contributed by atoms with Crippen LogP contribution in [0.4, 0.5) is 13.2 Å². The zero-order valence-electron chi connectivity index (χ0n) is 16.0. The van der Waals surface area contributed by atoms with Crippen LogP contribution in [-0.2, 0) is 20.6 Å². The van der Waals surface area contributed by atoms with Crippen LogP contribution >= 0.6 is 0 Å². The molecule has 9 heteroatoms. The fourth-order valence-corrected chi connectivity index (χ4v) is 2.46. The zero-order chi connectivity index (χ0) is 21.4. The molecule has 0 aliphatic rings. The SMILES string of the molecule is CNC(=O)C(=NOC)c1ccccc1C=NOC(C)c1cccc(C(F)(F)F)c1. The van der Waals surface area contributed by atoms with Gasteiger partial charge in [0.25, 0.3) is 5.91 Å². The highest BCUT2D eigenvalue weighted by Gasteiger charge is 2.30. The summed E-state index contributed by atoms with van der Waals surface area (Å²) in [5.74, 6) is -0.453. The molecule has 0 spiro atoms. The van der Waals surface area contributed by atoms with Crippen LogP contribution in [0.1, 0.15) is 35.3 Å². The lowest BCUT2D eigenvalue weighted by atomic mass is 10.0. The average molecular weight is 407 g/mol. The molecule has 0 heterocycles. The standard InChI is InChI=1S/C20H20F3N3O3/c1-13(14-8-6-9-16(11-14)20(21,22)23)29-25-12-15-7-4-5-10-17(15)18(26-28-3)19(27)24-2/h4-13H,1-3H3,(H,24,27). The minimum absolute atomic E-state index is 0.0444. The largest absolute Gasteiger partial charge is 0.416 e. The lowest BCUT2D eigenvalue weighted by molar-refractivity contribution is -0.137. The fraction of sp³-hybridized carbons (Fsp3) is 0.250. The smallest absolute Gasteiger partial charge is 0.398 e. The highest BCUT2D eigenvalue weighted by Crippen LogP contribution is 2.31. The first-order valence-corrected chi connectivity index (χ1v) is 8.57. The molecule has 0 fully saturated rings. The molecule has 0 aliphatic heterocycles. The van der Waals surface area contributed by atoms with Crippen molar-refractivity contribution in [1.82, 2.24) is 5.32 Å². The lowest BCUT2D eigenvalue weighted by Crippen LogP contribution is -2.29. The van der Waals surface area contributed by atoms with Gasteiger partial charge in [-0.15, -0.1) is 0 Å². The molecule has 2 rings (SSSR count). The van der Waals surface area contributed by atoms with Crippen molar-refractivity contribution in [3.05, 3.63) is 70.8 Å². The number of benzene rings is 2. The second-order valence-electron chi connectivity index (χ2n) is 5.89. The Labute approximate surface area is 166 Å². The van der Waals surface area contributed by atoms with Gasteiger partial charge in [0.2, 0.25) is 0 Å². The van der Waals surface area contributed by atoms with E-state index in [-0.39, 0.29) is 5.71 Å². The monoisotopic (exact) mass is 407 g/mol. The number of hydrogen-bond donors (Lipinski definition) is 1. The van der Waals surface area contributed by atoms with Crippen LogP contribution < -0.4 is 5.32 Å². The minimum atomic E-state index is -4.44. The van der Waals surface area contributed by atoms with Crippen molar-refractivity contribution >= 4 is 17.8 Å². The first-order valence-electron chi connectivity index (χ1n) is 8.57. The van der Waals surface area contributed by atoms with Crippen molar-refractivity contribution in [2.75, 3.05) is 14.2 Å². The van der Waals surface area contributed by atoms with E-state index in [1.165, 1.54) is 32.5 Å². The van der Waals surface area contributed by atoms with Gasteiger partial charge in [0.05, 0.1) is 11.8 Å². The number of rotatable bonds is 7. The number of carbonyl (C=O) groups excluding carboxylic acids is 1. The van der Waals surface area contributed by atoms with Gasteiger partial charge in [-0.25, -0.2) is 0 Å². The number of nitrogens with zero attached hydrogens (tertiary/aromatic N) is 2. The molecular weight excluding hydrogens is 387 g/mol. The molecule has 0 saturated carbocycles. The number of carbonyl (C=O) groups is 1. The average Bonchev–Trinajstić information content (AvgIpc) is 2.71. The molecule has 1 N–H and O–H groups in total. The van der Waals surface area contributed by atoms with Gasteiger partial charge in [-0.1, -0.05) is 46.7 Å². The normalized spacial score (nSPS) is 13.2. The first kappa shape index (κ1) is 21.9. The van der Waals surface area contributed by atoms with Crippen molar-refractivity contribution in [1.29, 1.82) is 0 Å². The highest BCUT2D eigenvalue weighted by molar-refractivity contribution is 6.46. The van der Waals surface area contributed by atoms with Gasteiger partial charge in [0.1, 0.15) is 13.2 Å². The van der Waals surface area contributed by atoms with Crippen LogP contribution in [0.15, 0.2) is 58.8 Å². The maximum Gasteiger partial charge on any atom is 0.416 e. The van der Waals surface area contributed by atoms with Gasteiger partial charge < -0.3 is 15.0 Å². The number of oxime groups is 2. The third-order valence-electron chi connectivity index (χ3n) is 3.93. The van der Waals surface area contributed by atoms with E-state index < -0.39 is 23.8 Å². The van der Waals surface area contributed by atoms with Crippen LogP contribution in [-0.4, -0.2) is 32.0 Å². The molecule has 0 radical (unpaired) electrons. The summed E-state index contributed by atoms with van der Waals surface area (Å²) in [6.45, 7) is 1.58. The molecule has 0 bridgehead atoms. The molecule has 29 heavy (non-hydrogen) atoms. The maximum absolute atomic E-state index is 12.9. The van der Waals surface area contributed by atoms with E-state index >= 15 is 0 Å². The molecule has 1 amide bonds. The molecule has 2 aromatic rings. The second-order valence-corrected chi connectivity index (χ2v) is 5.89. The summed E-state index contributed by atoms with van der Waals surface area (Å²) in [5.41, 5.74) is 0.585. The van der Waals surface area contributed by atoms with Crippen LogP contribution in [0, 0.1) is 0 Å². The Morgan fingerprint density at radius 3 is 2.55 bits per heavy atom. The molecule has 6 nitrogen and oxygen atoms in total. The third-order valence-corrected chi connectivity index (χ3v) is 3.93. The molecule has 0 aliphatic carbocycles. The molecule has 154 valence electrons. The van der Waals surface area contributed by atoms with Gasteiger partial charge in [0.15, 0.2) is 5.71 Å². The quantitative estimate of drug-likeness (QED) is 0.559. The molecule has 0 saturated heterocycles. The highest BCUT2D eigenvalue weighted by atomic mass is 19.4. The maximum atomic E-state index is 12.9. The van der Waals surface area contributed by atoms with E-state index in [2.05, 4.69) is 15.6 Å². The van der Waals surface area contributed by atoms with Gasteiger partial charge >= 0.3 is 6.18 Å². The molecule has 1 atom stereocenters. The summed E-state index contributed by atoms with van der Waals surface area (Å²) in [6, 6.07) is 11.6. The number of likely N-dealkylation sites (N-methyl/N-ethyl adjacent to an activating group) is 1. The number of alkyl halides is 3. The Morgan fingerprint density at radius 2 is 1.90 bits per heavy atom. The summed E-state index contributed by atoms with van der Waals surface area (Å²) >= 11 is 0. The molecule has 2 aromatic carbocycles. The van der Waals surface area contributed by atoms with E-state index in [9.17, 15) is 18.0 Å². The van der Waals surface area contributed by atoms with Crippen LogP contribution in [0.2, 0.25) is 0 Å². The van der Waals surface area contributed by atoms with Crippen molar-refractivity contribution in [3.63, 3.8) is 0 Å². The van der Waals surface area contributed by atoms with Crippen LogP contribution in [0.3, 0.4) is 0 Å². The molecule has 1 unspecified atom stereocenters. The van der Waals surface area contributed by atoms with Crippen molar-refractivity contribution in [3.8, 4) is 0 Å². The van der Waals surface area contributed by atoms with Crippen molar-refractivity contribution < 1.29 is 27.6 Å².